The molecule has 0 aliphatic carbocycles. The summed E-state index contributed by atoms with van der Waals surface area (Å²) in [7, 11) is 0. The van der Waals surface area contributed by atoms with Crippen LogP contribution in [0.3, 0.4) is 0 Å². The molecule has 0 aliphatic heterocycles. The number of aromatic amines is 1. The Labute approximate surface area is 158 Å². The molecule has 0 bridgehead atoms. The molecule has 2 aromatic heterocycles. The lowest BCUT2D eigenvalue weighted by Gasteiger charge is -2.17. The minimum atomic E-state index is -0.391. The molecule has 5 nitrogen and oxygen atoms in total. The molecule has 1 atom stereocenters. The maximum atomic E-state index is 13.9. The highest BCUT2D eigenvalue weighted by atomic mass is 32.1. The van der Waals surface area contributed by atoms with Gasteiger partial charge in [-0.15, -0.1) is 0 Å². The third-order valence-electron chi connectivity index (χ3n) is 4.64. The fourth-order valence-corrected chi connectivity index (χ4v) is 4.62. The number of pyridine rings is 1. The molecular formula is C20H20FN3O2S. The zero-order valence-electron chi connectivity index (χ0n) is 15.0. The number of nitrogens with one attached hydrogen (secondary N) is 2. The lowest BCUT2D eigenvalue weighted by atomic mass is 10.0. The van der Waals surface area contributed by atoms with Gasteiger partial charge in [-0.25, -0.2) is 9.37 Å². The molecule has 4 rings (SSSR count). The number of hydrogen-bond donors (Lipinski definition) is 3. The SMILES string of the molecule is CC(C)CC(CO)Nc1nc2c3ccc(F)cc3c3c(=O)[nH]ccc3c2s1. The van der Waals surface area contributed by atoms with Gasteiger partial charge in [0, 0.05) is 22.4 Å². The number of halogens is 1. The minimum absolute atomic E-state index is 0.0144. The fourth-order valence-electron chi connectivity index (χ4n) is 3.53. The molecule has 0 radical (unpaired) electrons. The highest BCUT2D eigenvalue weighted by molar-refractivity contribution is 7.23. The number of hydrogen-bond acceptors (Lipinski definition) is 5. The number of aromatic nitrogens is 2. The van der Waals surface area contributed by atoms with Crippen molar-refractivity contribution < 1.29 is 9.50 Å². The summed E-state index contributed by atoms with van der Waals surface area (Å²) in [6.07, 6.45) is 2.41. The molecular weight excluding hydrogens is 365 g/mol. The van der Waals surface area contributed by atoms with E-state index in [0.29, 0.717) is 21.8 Å². The van der Waals surface area contributed by atoms with Gasteiger partial charge in [0.25, 0.3) is 5.56 Å². The van der Waals surface area contributed by atoms with Crippen LogP contribution in [-0.4, -0.2) is 27.7 Å². The second-order valence-corrected chi connectivity index (χ2v) is 8.13. The van der Waals surface area contributed by atoms with E-state index in [2.05, 4.69) is 24.1 Å². The van der Waals surface area contributed by atoms with Crippen molar-refractivity contribution in [2.75, 3.05) is 11.9 Å². The Balaban J connectivity index is 1.98. The molecule has 0 saturated heterocycles. The Bertz CT molecular complexity index is 1200. The summed E-state index contributed by atoms with van der Waals surface area (Å²) in [6.45, 7) is 4.22. The van der Waals surface area contributed by atoms with Gasteiger partial charge in [-0.1, -0.05) is 25.2 Å². The molecule has 140 valence electrons. The zero-order valence-corrected chi connectivity index (χ0v) is 15.9. The smallest absolute Gasteiger partial charge is 0.256 e. The van der Waals surface area contributed by atoms with Gasteiger partial charge >= 0.3 is 0 Å². The summed E-state index contributed by atoms with van der Waals surface area (Å²) in [5.74, 6) is 0.0458. The molecule has 1 unspecified atom stereocenters. The van der Waals surface area contributed by atoms with Crippen molar-refractivity contribution in [1.82, 2.24) is 9.97 Å². The van der Waals surface area contributed by atoms with Crippen molar-refractivity contribution in [2.45, 2.75) is 26.3 Å². The van der Waals surface area contributed by atoms with E-state index in [1.165, 1.54) is 23.5 Å². The first-order chi connectivity index (χ1) is 13.0. The average Bonchev–Trinajstić information content (AvgIpc) is 3.04. The number of aliphatic hydroxyl groups is 1. The molecule has 7 heteroatoms. The van der Waals surface area contributed by atoms with E-state index < -0.39 is 5.82 Å². The predicted molar refractivity (Wildman–Crippen MR) is 109 cm³/mol. The Morgan fingerprint density at radius 2 is 2.07 bits per heavy atom. The number of H-pyrrole nitrogens is 1. The van der Waals surface area contributed by atoms with Gasteiger partial charge < -0.3 is 15.4 Å². The molecule has 0 amide bonds. The molecule has 27 heavy (non-hydrogen) atoms. The van der Waals surface area contributed by atoms with Crippen LogP contribution in [0.5, 0.6) is 0 Å². The normalized spacial score (nSPS) is 13.1. The highest BCUT2D eigenvalue weighted by Gasteiger charge is 2.18. The Morgan fingerprint density at radius 3 is 2.81 bits per heavy atom. The average molecular weight is 385 g/mol. The number of rotatable bonds is 5. The second kappa shape index (κ2) is 6.90. The summed E-state index contributed by atoms with van der Waals surface area (Å²) in [5, 5.41) is 16.1. The maximum absolute atomic E-state index is 13.9. The van der Waals surface area contributed by atoms with Gasteiger partial charge in [-0.05, 0) is 36.6 Å². The van der Waals surface area contributed by atoms with Crippen LogP contribution in [0, 0.1) is 11.7 Å². The maximum Gasteiger partial charge on any atom is 0.256 e. The third-order valence-corrected chi connectivity index (χ3v) is 5.66. The van der Waals surface area contributed by atoms with Crippen LogP contribution >= 0.6 is 11.3 Å². The summed E-state index contributed by atoms with van der Waals surface area (Å²) in [5.41, 5.74) is 0.484. The van der Waals surface area contributed by atoms with Crippen molar-refractivity contribution in [3.63, 3.8) is 0 Å². The molecule has 2 heterocycles. The van der Waals surface area contributed by atoms with Gasteiger partial charge in [0.1, 0.15) is 5.82 Å². The first-order valence-electron chi connectivity index (χ1n) is 8.88. The summed E-state index contributed by atoms with van der Waals surface area (Å²) in [4.78, 5) is 19.8. The van der Waals surface area contributed by atoms with E-state index in [-0.39, 0.29) is 18.2 Å². The number of fused-ring (bicyclic) bond motifs is 6. The van der Waals surface area contributed by atoms with E-state index in [1.54, 1.807) is 12.3 Å². The van der Waals surface area contributed by atoms with E-state index in [4.69, 9.17) is 4.98 Å². The Kier molecular flexibility index (Phi) is 4.57. The fraction of sp³-hybridized carbons (Fsp3) is 0.300. The third kappa shape index (κ3) is 3.17. The van der Waals surface area contributed by atoms with E-state index in [0.717, 1.165) is 27.4 Å². The van der Waals surface area contributed by atoms with Crippen molar-refractivity contribution >= 4 is 48.2 Å². The standard InChI is InChI=1S/C20H20FN3O2S/c1-10(2)7-12(9-25)23-20-24-17-13-4-3-11(21)8-15(13)16-14(18(17)27-20)5-6-22-19(16)26/h3-6,8,10,12,25H,7,9H2,1-2H3,(H,22,26)(H,23,24). The lowest BCUT2D eigenvalue weighted by molar-refractivity contribution is 0.259. The van der Waals surface area contributed by atoms with Gasteiger partial charge in [0.05, 0.1) is 28.3 Å². The minimum Gasteiger partial charge on any atom is -0.394 e. The molecule has 0 saturated carbocycles. The number of benzene rings is 2. The van der Waals surface area contributed by atoms with Crippen LogP contribution in [0.4, 0.5) is 9.52 Å². The Morgan fingerprint density at radius 1 is 1.26 bits per heavy atom. The summed E-state index contributed by atoms with van der Waals surface area (Å²) in [6, 6.07) is 6.16. The largest absolute Gasteiger partial charge is 0.394 e. The molecule has 0 fully saturated rings. The van der Waals surface area contributed by atoms with Crippen molar-refractivity contribution in [1.29, 1.82) is 0 Å². The van der Waals surface area contributed by atoms with Gasteiger partial charge in [0.15, 0.2) is 5.13 Å². The number of aliphatic hydroxyl groups excluding tert-OH is 1. The summed E-state index contributed by atoms with van der Waals surface area (Å²) >= 11 is 1.45. The van der Waals surface area contributed by atoms with Crippen LogP contribution in [-0.2, 0) is 0 Å². The molecule has 0 spiro atoms. The zero-order chi connectivity index (χ0) is 19.1. The monoisotopic (exact) mass is 385 g/mol. The van der Waals surface area contributed by atoms with Crippen LogP contribution in [0.2, 0.25) is 0 Å². The molecule has 3 N–H and O–H groups in total. The van der Waals surface area contributed by atoms with Crippen LogP contribution in [0.1, 0.15) is 20.3 Å². The topological polar surface area (TPSA) is 78.0 Å². The van der Waals surface area contributed by atoms with E-state index >= 15 is 0 Å². The lowest BCUT2D eigenvalue weighted by Crippen LogP contribution is -2.25. The van der Waals surface area contributed by atoms with Gasteiger partial charge in [0.2, 0.25) is 0 Å². The quantitative estimate of drug-likeness (QED) is 0.449. The first-order valence-corrected chi connectivity index (χ1v) is 9.70. The van der Waals surface area contributed by atoms with Crippen LogP contribution in [0.15, 0.2) is 35.3 Å². The molecule has 0 aliphatic rings. The first kappa shape index (κ1) is 17.9. The number of nitrogens with zero attached hydrogens (tertiary/aromatic N) is 1. The van der Waals surface area contributed by atoms with E-state index in [9.17, 15) is 14.3 Å². The second-order valence-electron chi connectivity index (χ2n) is 7.14. The Hall–Kier alpha value is -2.51. The predicted octanol–water partition coefficient (Wildman–Crippen LogP) is 4.25. The number of anilines is 1. The summed E-state index contributed by atoms with van der Waals surface area (Å²) < 4.78 is 14.7. The van der Waals surface area contributed by atoms with Crippen molar-refractivity contribution in [3.05, 3.63) is 46.6 Å². The van der Waals surface area contributed by atoms with Gasteiger partial charge in [-0.2, -0.15) is 0 Å². The van der Waals surface area contributed by atoms with Crippen molar-refractivity contribution in [2.24, 2.45) is 5.92 Å². The van der Waals surface area contributed by atoms with Crippen LogP contribution in [0.25, 0.3) is 31.8 Å². The van der Waals surface area contributed by atoms with E-state index in [1.807, 2.05) is 6.07 Å². The highest BCUT2D eigenvalue weighted by Crippen LogP contribution is 2.38. The van der Waals surface area contributed by atoms with Crippen LogP contribution < -0.4 is 10.9 Å². The molecule has 4 aromatic rings. The van der Waals surface area contributed by atoms with Crippen molar-refractivity contribution in [3.8, 4) is 0 Å². The number of thiazole rings is 1. The van der Waals surface area contributed by atoms with Gasteiger partial charge in [-0.3, -0.25) is 4.79 Å². The molecule has 2 aromatic carbocycles.